The first-order valence-corrected chi connectivity index (χ1v) is 9.38. The summed E-state index contributed by atoms with van der Waals surface area (Å²) < 4.78 is 19.1. The fourth-order valence-corrected chi connectivity index (χ4v) is 3.99. The largest absolute Gasteiger partial charge is 0.373 e. The molecule has 0 radical (unpaired) electrons. The summed E-state index contributed by atoms with van der Waals surface area (Å²) in [4.78, 5) is 17.1. The molecule has 0 unspecified atom stereocenters. The molecule has 0 bridgehead atoms. The van der Waals surface area contributed by atoms with Gasteiger partial charge >= 0.3 is 6.03 Å². The van der Waals surface area contributed by atoms with Crippen molar-refractivity contribution in [1.29, 1.82) is 0 Å². The molecule has 2 heterocycles. The molecule has 27 heavy (non-hydrogen) atoms. The van der Waals surface area contributed by atoms with Crippen molar-refractivity contribution in [3.05, 3.63) is 71.0 Å². The number of fused-ring (bicyclic) bond motifs is 1. The first-order chi connectivity index (χ1) is 13.2. The van der Waals surface area contributed by atoms with E-state index in [1.54, 1.807) is 12.1 Å². The number of amides is 2. The van der Waals surface area contributed by atoms with Crippen LogP contribution in [0.4, 0.5) is 9.18 Å². The molecule has 2 aliphatic heterocycles. The highest BCUT2D eigenvalue weighted by Crippen LogP contribution is 2.36. The van der Waals surface area contributed by atoms with Crippen LogP contribution in [-0.4, -0.2) is 54.7 Å². The number of morpholine rings is 1. The van der Waals surface area contributed by atoms with Gasteiger partial charge in [0.1, 0.15) is 5.82 Å². The Morgan fingerprint density at radius 1 is 1.15 bits per heavy atom. The van der Waals surface area contributed by atoms with Crippen LogP contribution >= 0.6 is 0 Å². The Labute approximate surface area is 158 Å². The first kappa shape index (κ1) is 17.9. The van der Waals surface area contributed by atoms with Gasteiger partial charge in [0.15, 0.2) is 0 Å². The van der Waals surface area contributed by atoms with Crippen LogP contribution in [0.3, 0.4) is 0 Å². The topological polar surface area (TPSA) is 58.8 Å². The van der Waals surface area contributed by atoms with Crippen LogP contribution < -0.4 is 5.73 Å². The molecule has 2 aliphatic rings. The lowest BCUT2D eigenvalue weighted by atomic mass is 9.88. The van der Waals surface area contributed by atoms with Gasteiger partial charge in [-0.3, -0.25) is 0 Å². The Kier molecular flexibility index (Phi) is 5.09. The number of carbonyl (C=O) groups excluding carboxylic acids is 1. The van der Waals surface area contributed by atoms with Gasteiger partial charge in [-0.15, -0.1) is 0 Å². The molecule has 1 saturated heterocycles. The van der Waals surface area contributed by atoms with E-state index in [2.05, 4.69) is 12.1 Å². The third kappa shape index (κ3) is 3.55. The number of carbonyl (C=O) groups is 1. The smallest absolute Gasteiger partial charge is 0.320 e. The molecule has 2 aromatic carbocycles. The summed E-state index contributed by atoms with van der Waals surface area (Å²) in [5.74, 6) is -0.278. The summed E-state index contributed by atoms with van der Waals surface area (Å²) in [6, 6.07) is 14.4. The Morgan fingerprint density at radius 2 is 1.93 bits per heavy atom. The third-order valence-corrected chi connectivity index (χ3v) is 5.39. The van der Waals surface area contributed by atoms with Crippen molar-refractivity contribution in [3.63, 3.8) is 0 Å². The normalized spacial score (nSPS) is 22.4. The number of halogens is 1. The maximum atomic E-state index is 13.5. The van der Waals surface area contributed by atoms with Crippen LogP contribution in [0.25, 0.3) is 0 Å². The molecule has 5 nitrogen and oxygen atoms in total. The highest BCUT2D eigenvalue weighted by Gasteiger charge is 2.35. The number of nitrogens with zero attached hydrogens (tertiary/aromatic N) is 2. The maximum Gasteiger partial charge on any atom is 0.320 e. The minimum absolute atomic E-state index is 0.0134. The van der Waals surface area contributed by atoms with Gasteiger partial charge in [0, 0.05) is 26.2 Å². The van der Waals surface area contributed by atoms with Gasteiger partial charge in [-0.25, -0.2) is 9.18 Å². The van der Waals surface area contributed by atoms with Crippen LogP contribution in [0.1, 0.15) is 22.7 Å². The minimum atomic E-state index is -0.278. The van der Waals surface area contributed by atoms with Gasteiger partial charge in [0.05, 0.1) is 18.8 Å². The van der Waals surface area contributed by atoms with E-state index >= 15 is 0 Å². The fourth-order valence-electron chi connectivity index (χ4n) is 3.99. The predicted octanol–water partition coefficient (Wildman–Crippen LogP) is 2.55. The van der Waals surface area contributed by atoms with E-state index < -0.39 is 0 Å². The molecule has 142 valence electrons. The molecular formula is C21H24FN3O2. The second-order valence-corrected chi connectivity index (χ2v) is 7.05. The zero-order chi connectivity index (χ0) is 18.8. The van der Waals surface area contributed by atoms with Gasteiger partial charge in [-0.1, -0.05) is 36.4 Å². The lowest BCUT2D eigenvalue weighted by molar-refractivity contribution is -0.0155. The van der Waals surface area contributed by atoms with Gasteiger partial charge in [0.2, 0.25) is 0 Å². The summed E-state index contributed by atoms with van der Waals surface area (Å²) in [5.41, 5.74) is 8.98. The second kappa shape index (κ2) is 7.66. The summed E-state index contributed by atoms with van der Waals surface area (Å²) >= 11 is 0. The van der Waals surface area contributed by atoms with Crippen LogP contribution in [0.15, 0.2) is 48.5 Å². The molecule has 0 spiro atoms. The minimum Gasteiger partial charge on any atom is -0.373 e. The molecule has 4 rings (SSSR count). The van der Waals surface area contributed by atoms with E-state index in [9.17, 15) is 9.18 Å². The molecule has 1 fully saturated rings. The number of benzene rings is 2. The van der Waals surface area contributed by atoms with Crippen molar-refractivity contribution >= 4 is 6.03 Å². The van der Waals surface area contributed by atoms with E-state index in [1.165, 1.54) is 17.7 Å². The summed E-state index contributed by atoms with van der Waals surface area (Å²) in [6.45, 7) is 2.59. The number of hydrogen-bond donors (Lipinski definition) is 1. The Bertz CT molecular complexity index is 811. The van der Waals surface area contributed by atoms with E-state index in [0.29, 0.717) is 32.8 Å². The van der Waals surface area contributed by atoms with Crippen LogP contribution in [0.2, 0.25) is 0 Å². The zero-order valence-electron chi connectivity index (χ0n) is 15.2. The summed E-state index contributed by atoms with van der Waals surface area (Å²) in [5, 5.41) is 0. The van der Waals surface area contributed by atoms with E-state index in [1.807, 2.05) is 21.9 Å². The average molecular weight is 369 g/mol. The SMILES string of the molecule is NC[C@H]1CN(C(=O)N2CCc3ccccc3[C@@H]2c2ccc(F)cc2)CCO1. The Morgan fingerprint density at radius 3 is 2.70 bits per heavy atom. The molecule has 6 heteroatoms. The standard InChI is InChI=1S/C21H24FN3O2/c22-17-7-5-16(6-8-17)20-19-4-2-1-3-15(19)9-10-25(20)21(26)24-11-12-27-18(13-23)14-24/h1-8,18,20H,9-14,23H2/t18-,20-/m0/s1. The van der Waals surface area contributed by atoms with E-state index in [0.717, 1.165) is 17.5 Å². The van der Waals surface area contributed by atoms with Crippen LogP contribution in [0.5, 0.6) is 0 Å². The predicted molar refractivity (Wildman–Crippen MR) is 101 cm³/mol. The lowest BCUT2D eigenvalue weighted by Gasteiger charge is -2.42. The van der Waals surface area contributed by atoms with Crippen LogP contribution in [0, 0.1) is 5.82 Å². The summed E-state index contributed by atoms with van der Waals surface area (Å²) in [6.07, 6.45) is 0.689. The zero-order valence-corrected chi connectivity index (χ0v) is 15.2. The van der Waals surface area contributed by atoms with Crippen molar-refractivity contribution < 1.29 is 13.9 Å². The Hall–Kier alpha value is -2.44. The quantitative estimate of drug-likeness (QED) is 0.885. The molecular weight excluding hydrogens is 345 g/mol. The molecule has 0 saturated carbocycles. The van der Waals surface area contributed by atoms with Gasteiger partial charge in [-0.05, 0) is 35.2 Å². The summed E-state index contributed by atoms with van der Waals surface area (Å²) in [7, 11) is 0. The molecule has 2 aromatic rings. The lowest BCUT2D eigenvalue weighted by Crippen LogP contribution is -2.54. The molecule has 0 aromatic heterocycles. The average Bonchev–Trinajstić information content (AvgIpc) is 2.73. The third-order valence-electron chi connectivity index (χ3n) is 5.39. The highest BCUT2D eigenvalue weighted by atomic mass is 19.1. The molecule has 0 aliphatic carbocycles. The van der Waals surface area contributed by atoms with Crippen molar-refractivity contribution in [3.8, 4) is 0 Å². The monoisotopic (exact) mass is 369 g/mol. The number of urea groups is 1. The van der Waals surface area contributed by atoms with Gasteiger partial charge in [-0.2, -0.15) is 0 Å². The molecule has 2 amide bonds. The maximum absolute atomic E-state index is 13.5. The van der Waals surface area contributed by atoms with E-state index in [-0.39, 0.29) is 24.0 Å². The molecule has 2 atom stereocenters. The van der Waals surface area contributed by atoms with E-state index in [4.69, 9.17) is 10.5 Å². The van der Waals surface area contributed by atoms with Gasteiger partial charge in [0.25, 0.3) is 0 Å². The van der Waals surface area contributed by atoms with Crippen molar-refractivity contribution in [1.82, 2.24) is 9.80 Å². The molecule has 2 N–H and O–H groups in total. The number of rotatable bonds is 2. The van der Waals surface area contributed by atoms with Crippen molar-refractivity contribution in [2.45, 2.75) is 18.6 Å². The number of ether oxygens (including phenoxy) is 1. The van der Waals surface area contributed by atoms with Crippen LogP contribution in [-0.2, 0) is 11.2 Å². The fraction of sp³-hybridized carbons (Fsp3) is 0.381. The Balaban J connectivity index is 1.68. The number of nitrogens with two attached hydrogens (primary N) is 1. The first-order valence-electron chi connectivity index (χ1n) is 9.38. The van der Waals surface area contributed by atoms with Crippen molar-refractivity contribution in [2.75, 3.05) is 32.8 Å². The van der Waals surface area contributed by atoms with Crippen molar-refractivity contribution in [2.24, 2.45) is 5.73 Å². The second-order valence-electron chi connectivity index (χ2n) is 7.05. The van der Waals surface area contributed by atoms with Gasteiger partial charge < -0.3 is 20.3 Å². The highest BCUT2D eigenvalue weighted by molar-refractivity contribution is 5.76. The number of hydrogen-bond acceptors (Lipinski definition) is 3.